The minimum atomic E-state index is -4.07. The Morgan fingerprint density at radius 2 is 1.03 bits per heavy atom. The predicted octanol–water partition coefficient (Wildman–Crippen LogP) is 4.23. The average Bonchev–Trinajstić information content (AvgIpc) is 2.84. The van der Waals surface area contributed by atoms with Crippen molar-refractivity contribution in [3.8, 4) is 0 Å². The summed E-state index contributed by atoms with van der Waals surface area (Å²) in [7, 11) is 0. The van der Waals surface area contributed by atoms with Crippen molar-refractivity contribution in [1.29, 1.82) is 0 Å². The summed E-state index contributed by atoms with van der Waals surface area (Å²) < 4.78 is 9.95. The van der Waals surface area contributed by atoms with Gasteiger partial charge in [0.15, 0.2) is 0 Å². The molecule has 4 aromatic carbocycles. The Balaban J connectivity index is 1.89. The fourth-order valence-electron chi connectivity index (χ4n) is 3.62. The molecule has 0 aliphatic heterocycles. The Kier molecular flexibility index (Phi) is 6.60. The summed E-state index contributed by atoms with van der Waals surface area (Å²) in [6.07, 6.45) is 2.02. The molecule has 4 rings (SSSR count). The van der Waals surface area contributed by atoms with Gasteiger partial charge in [-0.3, -0.25) is 0 Å². The van der Waals surface area contributed by atoms with E-state index in [1.54, 1.807) is 11.8 Å². The van der Waals surface area contributed by atoms with Crippen molar-refractivity contribution < 1.29 is 7.87 Å². The molecule has 0 atom stereocenters. The summed E-state index contributed by atoms with van der Waals surface area (Å²) in [5, 5.41) is 0. The van der Waals surface area contributed by atoms with Crippen molar-refractivity contribution >= 4 is 47.3 Å². The molecule has 0 heterocycles. The number of hydrogen-bond donors (Lipinski definition) is 0. The molecular weight excluding hydrogens is 495 g/mol. The summed E-state index contributed by atoms with van der Waals surface area (Å²) in [6.45, 7) is 0. The molecule has 148 valence electrons. The molecule has 4 aromatic rings. The van der Waals surface area contributed by atoms with Crippen LogP contribution in [0.5, 0.6) is 0 Å². The van der Waals surface area contributed by atoms with E-state index in [0.29, 0.717) is 5.56 Å². The second kappa shape index (κ2) is 9.54. The Labute approximate surface area is 186 Å². The van der Waals surface area contributed by atoms with Gasteiger partial charge in [-0.15, -0.1) is 0 Å². The molecule has 0 saturated carbocycles. The standard InChI is InChI=1S/C8H8O2S.3C6H5.Sn/c1-11-7-4-2-6(3-5-7)8(9)10;3*1-2-4-6-5-3-1;/h2-5H,1H3,(H,9,10);3*1-5H;/q;;;;+1/p-1. The van der Waals surface area contributed by atoms with Crippen LogP contribution in [0.25, 0.3) is 0 Å². The Hall–Kier alpha value is -2.50. The van der Waals surface area contributed by atoms with E-state index in [2.05, 4.69) is 36.4 Å². The topological polar surface area (TPSA) is 26.3 Å². The molecule has 2 nitrogen and oxygen atoms in total. The molecule has 0 saturated heterocycles. The Bertz CT molecular complexity index is 1000. The van der Waals surface area contributed by atoms with Crippen LogP contribution in [0.3, 0.4) is 0 Å². The van der Waals surface area contributed by atoms with Crippen LogP contribution in [0.4, 0.5) is 0 Å². The first-order valence-electron chi connectivity index (χ1n) is 9.78. The molecule has 0 aliphatic rings. The van der Waals surface area contributed by atoms with E-state index in [4.69, 9.17) is 3.07 Å². The second-order valence-corrected chi connectivity index (χ2v) is 17.2. The zero-order valence-corrected chi connectivity index (χ0v) is 20.4. The van der Waals surface area contributed by atoms with E-state index in [1.165, 1.54) is 0 Å². The van der Waals surface area contributed by atoms with Crippen LogP contribution in [0.15, 0.2) is 120 Å². The minimum absolute atomic E-state index is 0.269. The van der Waals surface area contributed by atoms with Crippen LogP contribution in [0.1, 0.15) is 10.4 Å². The van der Waals surface area contributed by atoms with Gasteiger partial charge in [0.05, 0.1) is 0 Å². The van der Waals surface area contributed by atoms with Gasteiger partial charge in [-0.05, 0) is 0 Å². The van der Waals surface area contributed by atoms with Crippen molar-refractivity contribution in [2.75, 3.05) is 6.26 Å². The first-order valence-corrected chi connectivity index (χ1v) is 16.4. The molecule has 0 bridgehead atoms. The molecule has 0 aromatic heterocycles. The molecule has 0 N–H and O–H groups in total. The monoisotopic (exact) mass is 518 g/mol. The molecule has 0 aliphatic carbocycles. The van der Waals surface area contributed by atoms with Crippen LogP contribution in [-0.2, 0) is 3.07 Å². The predicted molar refractivity (Wildman–Crippen MR) is 128 cm³/mol. The second-order valence-electron chi connectivity index (χ2n) is 6.90. The van der Waals surface area contributed by atoms with Crippen LogP contribution >= 0.6 is 11.8 Å². The maximum absolute atomic E-state index is 13.4. The SMILES string of the molecule is CSc1ccc(C(=O)[O][Sn]([c]2ccccc2)([c]2ccccc2)[c]2ccccc2)cc1. The number of thioether (sulfide) groups is 1. The first-order chi connectivity index (χ1) is 14.7. The van der Waals surface area contributed by atoms with E-state index in [1.807, 2.05) is 85.1 Å². The van der Waals surface area contributed by atoms with Crippen LogP contribution in [-0.4, -0.2) is 31.0 Å². The Morgan fingerprint density at radius 1 is 0.633 bits per heavy atom. The van der Waals surface area contributed by atoms with Crippen LogP contribution in [0, 0.1) is 0 Å². The van der Waals surface area contributed by atoms with E-state index in [-0.39, 0.29) is 5.97 Å². The third-order valence-corrected chi connectivity index (χ3v) is 17.1. The summed E-state index contributed by atoms with van der Waals surface area (Å²) in [4.78, 5) is 14.5. The fourth-order valence-corrected chi connectivity index (χ4v) is 14.7. The quantitative estimate of drug-likeness (QED) is 0.283. The molecule has 0 spiro atoms. The van der Waals surface area contributed by atoms with E-state index < -0.39 is 18.8 Å². The first kappa shape index (κ1) is 20.8. The van der Waals surface area contributed by atoms with Crippen molar-refractivity contribution in [3.05, 3.63) is 121 Å². The maximum atomic E-state index is 13.4. The summed E-state index contributed by atoms with van der Waals surface area (Å²) >= 11 is -2.41. The van der Waals surface area contributed by atoms with E-state index >= 15 is 0 Å². The number of carbonyl (C=O) groups excluding carboxylic acids is 1. The zero-order valence-electron chi connectivity index (χ0n) is 16.7. The average molecular weight is 517 g/mol. The van der Waals surface area contributed by atoms with Gasteiger partial charge in [-0.2, -0.15) is 0 Å². The van der Waals surface area contributed by atoms with Gasteiger partial charge in [0.2, 0.25) is 0 Å². The van der Waals surface area contributed by atoms with Gasteiger partial charge in [0, 0.05) is 0 Å². The van der Waals surface area contributed by atoms with Gasteiger partial charge in [-0.25, -0.2) is 0 Å². The normalized spacial score (nSPS) is 11.1. The number of carbonyl (C=O) groups is 1. The van der Waals surface area contributed by atoms with Crippen molar-refractivity contribution in [2.45, 2.75) is 4.90 Å². The number of rotatable bonds is 6. The molecule has 4 heteroatoms. The molecule has 0 unspecified atom stereocenters. The van der Waals surface area contributed by atoms with Gasteiger partial charge in [0.1, 0.15) is 0 Å². The zero-order chi connectivity index (χ0) is 20.8. The molecule has 0 fully saturated rings. The van der Waals surface area contributed by atoms with Crippen molar-refractivity contribution in [2.24, 2.45) is 0 Å². The Morgan fingerprint density at radius 3 is 1.40 bits per heavy atom. The molecule has 0 amide bonds. The molecule has 0 radical (unpaired) electrons. The van der Waals surface area contributed by atoms with Gasteiger partial charge in [-0.1, -0.05) is 0 Å². The number of benzene rings is 4. The van der Waals surface area contributed by atoms with Gasteiger partial charge < -0.3 is 0 Å². The molecule has 30 heavy (non-hydrogen) atoms. The van der Waals surface area contributed by atoms with E-state index in [0.717, 1.165) is 15.6 Å². The molecular formula is C26H22O2SSn. The van der Waals surface area contributed by atoms with E-state index in [9.17, 15) is 4.79 Å². The number of hydrogen-bond acceptors (Lipinski definition) is 3. The fraction of sp³-hybridized carbons (Fsp3) is 0.0385. The summed E-state index contributed by atoms with van der Waals surface area (Å²) in [5.74, 6) is -0.269. The van der Waals surface area contributed by atoms with Crippen LogP contribution in [0.2, 0.25) is 0 Å². The van der Waals surface area contributed by atoms with Crippen molar-refractivity contribution in [3.63, 3.8) is 0 Å². The van der Waals surface area contributed by atoms with Crippen LogP contribution < -0.4 is 10.7 Å². The third-order valence-electron chi connectivity index (χ3n) is 5.11. The summed E-state index contributed by atoms with van der Waals surface area (Å²) in [6, 6.07) is 38.3. The van der Waals surface area contributed by atoms with Gasteiger partial charge >= 0.3 is 187 Å². The van der Waals surface area contributed by atoms with Gasteiger partial charge in [0.25, 0.3) is 0 Å². The van der Waals surface area contributed by atoms with Crippen molar-refractivity contribution in [1.82, 2.24) is 0 Å². The third kappa shape index (κ3) is 4.18. The summed E-state index contributed by atoms with van der Waals surface area (Å²) in [5.41, 5.74) is 0.580.